The van der Waals surface area contributed by atoms with Gasteiger partial charge in [-0.05, 0) is 33.6 Å². The van der Waals surface area contributed by atoms with Crippen molar-refractivity contribution in [2.75, 3.05) is 20.3 Å². The summed E-state index contributed by atoms with van der Waals surface area (Å²) in [5.41, 5.74) is -0.554. The number of ether oxygens (including phenoxy) is 2. The Balaban J connectivity index is 2.63. The lowest BCUT2D eigenvalue weighted by atomic mass is 9.94. The maximum atomic E-state index is 11.9. The Morgan fingerprint density at radius 2 is 2.17 bits per heavy atom. The molecule has 1 saturated heterocycles. The fourth-order valence-corrected chi connectivity index (χ4v) is 2.01. The van der Waals surface area contributed by atoms with Crippen molar-refractivity contribution in [1.82, 2.24) is 4.90 Å². The topological polar surface area (TPSA) is 55.8 Å². The number of carbonyl (C=O) groups is 2. The van der Waals surface area contributed by atoms with Crippen LogP contribution in [0, 0.1) is 5.92 Å². The molecular formula is C13H23NO4. The summed E-state index contributed by atoms with van der Waals surface area (Å²) in [6.45, 7) is 6.67. The first-order valence-corrected chi connectivity index (χ1v) is 6.34. The molecule has 1 fully saturated rings. The van der Waals surface area contributed by atoms with E-state index in [9.17, 15) is 9.59 Å². The van der Waals surface area contributed by atoms with Crippen LogP contribution in [-0.2, 0) is 14.3 Å². The number of aldehydes is 1. The zero-order valence-corrected chi connectivity index (χ0v) is 11.6. The van der Waals surface area contributed by atoms with Gasteiger partial charge in [-0.1, -0.05) is 0 Å². The lowest BCUT2D eigenvalue weighted by molar-refractivity contribution is -0.115. The molecule has 0 aliphatic carbocycles. The highest BCUT2D eigenvalue weighted by Crippen LogP contribution is 2.21. The highest BCUT2D eigenvalue weighted by Gasteiger charge is 2.32. The first kappa shape index (κ1) is 15.0. The van der Waals surface area contributed by atoms with E-state index in [2.05, 4.69) is 0 Å². The van der Waals surface area contributed by atoms with Crippen molar-refractivity contribution in [3.63, 3.8) is 0 Å². The third-order valence-electron chi connectivity index (χ3n) is 2.95. The number of hydrogen-bond donors (Lipinski definition) is 0. The smallest absolute Gasteiger partial charge is 0.410 e. The van der Waals surface area contributed by atoms with Gasteiger partial charge in [-0.25, -0.2) is 4.79 Å². The van der Waals surface area contributed by atoms with E-state index in [1.165, 1.54) is 4.90 Å². The molecule has 1 aliphatic rings. The van der Waals surface area contributed by atoms with Gasteiger partial charge in [0.1, 0.15) is 11.9 Å². The van der Waals surface area contributed by atoms with Gasteiger partial charge >= 0.3 is 6.09 Å². The molecule has 0 aromatic rings. The lowest BCUT2D eigenvalue weighted by Crippen LogP contribution is -2.47. The third-order valence-corrected chi connectivity index (χ3v) is 2.95. The van der Waals surface area contributed by atoms with Crippen LogP contribution in [0.25, 0.3) is 0 Å². The highest BCUT2D eigenvalue weighted by atomic mass is 16.6. The summed E-state index contributed by atoms with van der Waals surface area (Å²) >= 11 is 0. The lowest BCUT2D eigenvalue weighted by Gasteiger charge is -2.34. The first-order chi connectivity index (χ1) is 8.35. The number of likely N-dealkylation sites (N-methyl/N-ethyl adjacent to an activating group) is 1. The predicted octanol–water partition coefficient (Wildman–Crippen LogP) is 1.85. The molecule has 0 spiro atoms. The molecule has 0 saturated carbocycles. The van der Waals surface area contributed by atoms with Gasteiger partial charge in [0.25, 0.3) is 0 Å². The molecule has 104 valence electrons. The third kappa shape index (κ3) is 4.29. The fourth-order valence-electron chi connectivity index (χ4n) is 2.01. The summed E-state index contributed by atoms with van der Waals surface area (Å²) in [5.74, 6) is 0.0637. The molecule has 1 rings (SSSR count). The van der Waals surface area contributed by atoms with E-state index in [0.29, 0.717) is 6.61 Å². The molecule has 18 heavy (non-hydrogen) atoms. The largest absolute Gasteiger partial charge is 0.444 e. The summed E-state index contributed by atoms with van der Waals surface area (Å²) in [6.07, 6.45) is 2.17. The zero-order valence-electron chi connectivity index (χ0n) is 11.6. The maximum absolute atomic E-state index is 11.9. The number of hydrogen-bond acceptors (Lipinski definition) is 4. The number of carbonyl (C=O) groups excluding carboxylic acids is 2. The zero-order chi connectivity index (χ0) is 13.8. The Morgan fingerprint density at radius 3 is 2.61 bits per heavy atom. The molecule has 0 aromatic carbocycles. The molecule has 0 N–H and O–H groups in total. The van der Waals surface area contributed by atoms with Crippen LogP contribution in [0.2, 0.25) is 0 Å². The fraction of sp³-hybridized carbons (Fsp3) is 0.846. The minimum Gasteiger partial charge on any atom is -0.444 e. The average molecular weight is 257 g/mol. The van der Waals surface area contributed by atoms with Gasteiger partial charge < -0.3 is 19.2 Å². The minimum absolute atomic E-state index is 0.0637. The quantitative estimate of drug-likeness (QED) is 0.724. The molecule has 0 aromatic heterocycles. The van der Waals surface area contributed by atoms with E-state index in [0.717, 1.165) is 25.7 Å². The van der Waals surface area contributed by atoms with Gasteiger partial charge in [0.2, 0.25) is 0 Å². The SMILES string of the molecule is CN(C(=O)OC(C)(C)C)C(C=O)C1CCCOC1. The van der Waals surface area contributed by atoms with E-state index in [1.807, 2.05) is 0 Å². The summed E-state index contributed by atoms with van der Waals surface area (Å²) < 4.78 is 10.6. The van der Waals surface area contributed by atoms with Gasteiger partial charge in [-0.3, -0.25) is 0 Å². The van der Waals surface area contributed by atoms with Gasteiger partial charge in [-0.2, -0.15) is 0 Å². The van der Waals surface area contributed by atoms with Crippen LogP contribution in [0.15, 0.2) is 0 Å². The number of rotatable bonds is 3. The van der Waals surface area contributed by atoms with Gasteiger partial charge in [0, 0.05) is 19.6 Å². The molecular weight excluding hydrogens is 234 g/mol. The molecule has 5 heteroatoms. The van der Waals surface area contributed by atoms with Crippen molar-refractivity contribution in [2.24, 2.45) is 5.92 Å². The standard InChI is InChI=1S/C13H23NO4/c1-13(2,3)18-12(16)14(4)11(8-15)10-6-5-7-17-9-10/h8,10-11H,5-7,9H2,1-4H3. The van der Waals surface area contributed by atoms with Crippen LogP contribution in [-0.4, -0.2) is 49.2 Å². The van der Waals surface area contributed by atoms with Crippen molar-refractivity contribution in [1.29, 1.82) is 0 Å². The maximum Gasteiger partial charge on any atom is 0.410 e. The van der Waals surface area contributed by atoms with Crippen LogP contribution in [0.4, 0.5) is 4.79 Å². The van der Waals surface area contributed by atoms with E-state index in [4.69, 9.17) is 9.47 Å². The number of amides is 1. The normalized spacial score (nSPS) is 22.1. The minimum atomic E-state index is -0.554. The van der Waals surface area contributed by atoms with Crippen molar-refractivity contribution in [3.8, 4) is 0 Å². The molecule has 5 nitrogen and oxygen atoms in total. The molecule has 2 atom stereocenters. The van der Waals surface area contributed by atoms with Crippen LogP contribution in [0.3, 0.4) is 0 Å². The molecule has 0 bridgehead atoms. The van der Waals surface area contributed by atoms with Gasteiger partial charge in [-0.15, -0.1) is 0 Å². The van der Waals surface area contributed by atoms with Crippen molar-refractivity contribution in [3.05, 3.63) is 0 Å². The van der Waals surface area contributed by atoms with Gasteiger partial charge in [0.05, 0.1) is 12.6 Å². The van der Waals surface area contributed by atoms with E-state index >= 15 is 0 Å². The molecule has 1 amide bonds. The van der Waals surface area contributed by atoms with Crippen LogP contribution in [0.5, 0.6) is 0 Å². The van der Waals surface area contributed by atoms with E-state index < -0.39 is 17.7 Å². The van der Waals surface area contributed by atoms with Gasteiger partial charge in [0.15, 0.2) is 0 Å². The second kappa shape index (κ2) is 6.18. The van der Waals surface area contributed by atoms with E-state index in [1.54, 1.807) is 27.8 Å². The Morgan fingerprint density at radius 1 is 1.50 bits per heavy atom. The first-order valence-electron chi connectivity index (χ1n) is 6.34. The second-order valence-corrected chi connectivity index (χ2v) is 5.70. The second-order valence-electron chi connectivity index (χ2n) is 5.70. The molecule has 1 aliphatic heterocycles. The average Bonchev–Trinajstić information content (AvgIpc) is 2.29. The summed E-state index contributed by atoms with van der Waals surface area (Å²) in [7, 11) is 1.60. The molecule has 2 unspecified atom stereocenters. The van der Waals surface area contributed by atoms with Crippen LogP contribution in [0.1, 0.15) is 33.6 Å². The Hall–Kier alpha value is -1.10. The summed E-state index contributed by atoms with van der Waals surface area (Å²) in [5, 5.41) is 0. The molecule has 1 heterocycles. The van der Waals surface area contributed by atoms with Crippen LogP contribution >= 0.6 is 0 Å². The van der Waals surface area contributed by atoms with Crippen LogP contribution < -0.4 is 0 Å². The van der Waals surface area contributed by atoms with Crippen molar-refractivity contribution < 1.29 is 19.1 Å². The highest BCUT2D eigenvalue weighted by molar-refractivity contribution is 5.73. The Bertz CT molecular complexity index is 292. The van der Waals surface area contributed by atoms with E-state index in [-0.39, 0.29) is 5.92 Å². The summed E-state index contributed by atoms with van der Waals surface area (Å²) in [4.78, 5) is 24.5. The van der Waals surface area contributed by atoms with Crippen molar-refractivity contribution in [2.45, 2.75) is 45.3 Å². The monoisotopic (exact) mass is 257 g/mol. The molecule has 0 radical (unpaired) electrons. The number of nitrogens with zero attached hydrogens (tertiary/aromatic N) is 1. The predicted molar refractivity (Wildman–Crippen MR) is 67.4 cm³/mol. The van der Waals surface area contributed by atoms with Crippen molar-refractivity contribution >= 4 is 12.4 Å². The Kier molecular flexibility index (Phi) is 5.14. The summed E-state index contributed by atoms with van der Waals surface area (Å²) in [6, 6.07) is -0.472. The Labute approximate surface area is 108 Å².